The second kappa shape index (κ2) is 7.63. The highest BCUT2D eigenvalue weighted by Gasteiger charge is 2.30. The molecular formula is C25H19FN2O2S. The molecule has 154 valence electrons. The Labute approximate surface area is 180 Å². The molecule has 31 heavy (non-hydrogen) atoms. The first kappa shape index (κ1) is 19.5. The summed E-state index contributed by atoms with van der Waals surface area (Å²) in [7, 11) is -4.73. The van der Waals surface area contributed by atoms with Crippen LogP contribution in [0.1, 0.15) is 23.6 Å². The van der Waals surface area contributed by atoms with E-state index in [1.54, 1.807) is 12.1 Å². The third-order valence-electron chi connectivity index (χ3n) is 5.58. The average molecular weight is 431 g/mol. The SMILES string of the molecule is O=S(=O)(F)c1ccc(C2=NN(c3cccc4ccccc34)[C@H](c3ccccc3)C2)cc1. The minimum Gasteiger partial charge on any atom is -0.257 e. The molecule has 4 aromatic rings. The molecule has 5 rings (SSSR count). The van der Waals surface area contributed by atoms with Gasteiger partial charge in [-0.15, -0.1) is 3.89 Å². The molecule has 1 atom stereocenters. The number of fused-ring (bicyclic) bond motifs is 1. The highest BCUT2D eigenvalue weighted by Crippen LogP contribution is 2.39. The van der Waals surface area contributed by atoms with Crippen molar-refractivity contribution in [1.29, 1.82) is 0 Å². The first-order valence-electron chi connectivity index (χ1n) is 9.95. The Morgan fingerprint density at radius 1 is 0.806 bits per heavy atom. The summed E-state index contributed by atoms with van der Waals surface area (Å²) in [6.07, 6.45) is 0.648. The highest BCUT2D eigenvalue weighted by molar-refractivity contribution is 7.86. The molecule has 0 bridgehead atoms. The van der Waals surface area contributed by atoms with E-state index < -0.39 is 10.2 Å². The molecule has 0 aliphatic carbocycles. The van der Waals surface area contributed by atoms with Gasteiger partial charge in [0.15, 0.2) is 0 Å². The van der Waals surface area contributed by atoms with Crippen molar-refractivity contribution in [2.75, 3.05) is 5.01 Å². The van der Waals surface area contributed by atoms with Crippen molar-refractivity contribution in [2.24, 2.45) is 5.10 Å². The van der Waals surface area contributed by atoms with Crippen LogP contribution in [0.5, 0.6) is 0 Å². The van der Waals surface area contributed by atoms with Gasteiger partial charge >= 0.3 is 10.2 Å². The van der Waals surface area contributed by atoms with E-state index in [-0.39, 0.29) is 10.9 Å². The number of rotatable bonds is 4. The van der Waals surface area contributed by atoms with Crippen molar-refractivity contribution >= 4 is 32.4 Å². The lowest BCUT2D eigenvalue weighted by Gasteiger charge is -2.25. The van der Waals surface area contributed by atoms with Crippen molar-refractivity contribution in [3.8, 4) is 0 Å². The second-order valence-corrected chi connectivity index (χ2v) is 8.83. The van der Waals surface area contributed by atoms with Gasteiger partial charge < -0.3 is 0 Å². The Kier molecular flexibility index (Phi) is 4.79. The molecular weight excluding hydrogens is 411 g/mol. The number of hydrazone groups is 1. The van der Waals surface area contributed by atoms with E-state index in [1.165, 1.54) is 12.1 Å². The molecule has 0 fully saturated rings. The fourth-order valence-corrected chi connectivity index (χ4v) is 4.52. The van der Waals surface area contributed by atoms with Gasteiger partial charge in [-0.2, -0.15) is 13.5 Å². The third kappa shape index (κ3) is 3.70. The van der Waals surface area contributed by atoms with Gasteiger partial charge in [0.2, 0.25) is 0 Å². The number of benzene rings is 4. The lowest BCUT2D eigenvalue weighted by Crippen LogP contribution is -2.18. The molecule has 0 saturated carbocycles. The van der Waals surface area contributed by atoms with Crippen molar-refractivity contribution < 1.29 is 12.3 Å². The molecule has 0 radical (unpaired) electrons. The van der Waals surface area contributed by atoms with Gasteiger partial charge in [-0.05, 0) is 34.7 Å². The summed E-state index contributed by atoms with van der Waals surface area (Å²) in [5.41, 5.74) is 3.74. The van der Waals surface area contributed by atoms with Crippen LogP contribution in [0, 0.1) is 0 Å². The number of halogens is 1. The maximum absolute atomic E-state index is 13.3. The monoisotopic (exact) mass is 430 g/mol. The minimum atomic E-state index is -4.73. The maximum atomic E-state index is 13.3. The molecule has 1 heterocycles. The summed E-state index contributed by atoms with van der Waals surface area (Å²) in [4.78, 5) is -0.347. The van der Waals surface area contributed by atoms with Gasteiger partial charge in [-0.25, -0.2) is 0 Å². The zero-order valence-electron chi connectivity index (χ0n) is 16.5. The molecule has 0 unspecified atom stereocenters. The summed E-state index contributed by atoms with van der Waals surface area (Å²) in [6, 6.07) is 30.3. The van der Waals surface area contributed by atoms with Crippen LogP contribution in [0.2, 0.25) is 0 Å². The lowest BCUT2D eigenvalue weighted by atomic mass is 9.98. The molecule has 1 aliphatic heterocycles. The summed E-state index contributed by atoms with van der Waals surface area (Å²) in [5.74, 6) is 0. The number of anilines is 1. The van der Waals surface area contributed by atoms with Crippen LogP contribution in [0.15, 0.2) is 107 Å². The van der Waals surface area contributed by atoms with Gasteiger partial charge in [0.25, 0.3) is 0 Å². The van der Waals surface area contributed by atoms with E-state index in [2.05, 4.69) is 36.4 Å². The molecule has 0 N–H and O–H groups in total. The Balaban J connectivity index is 1.61. The summed E-state index contributed by atoms with van der Waals surface area (Å²) in [6.45, 7) is 0. The standard InChI is InChI=1S/C25H19FN2O2S/c26-31(29,30)21-15-13-19(14-16-21)23-17-25(20-8-2-1-3-9-20)28(27-23)24-12-6-10-18-7-4-5-11-22(18)24/h1-16,25H,17H2/t25-/m0/s1. The van der Waals surface area contributed by atoms with E-state index >= 15 is 0 Å². The van der Waals surface area contributed by atoms with Crippen LogP contribution < -0.4 is 5.01 Å². The predicted molar refractivity (Wildman–Crippen MR) is 121 cm³/mol. The Morgan fingerprint density at radius 3 is 2.23 bits per heavy atom. The van der Waals surface area contributed by atoms with Gasteiger partial charge in [0.1, 0.15) is 0 Å². The quantitative estimate of drug-likeness (QED) is 0.382. The van der Waals surface area contributed by atoms with Crippen LogP contribution in [-0.2, 0) is 10.2 Å². The lowest BCUT2D eigenvalue weighted by molar-refractivity contribution is 0.552. The normalized spacial score (nSPS) is 16.5. The van der Waals surface area contributed by atoms with Crippen molar-refractivity contribution in [3.63, 3.8) is 0 Å². The van der Waals surface area contributed by atoms with E-state index in [9.17, 15) is 12.3 Å². The van der Waals surface area contributed by atoms with Crippen molar-refractivity contribution in [1.82, 2.24) is 0 Å². The Hall–Kier alpha value is -3.51. The second-order valence-electron chi connectivity index (χ2n) is 7.48. The van der Waals surface area contributed by atoms with E-state index in [0.29, 0.717) is 6.42 Å². The van der Waals surface area contributed by atoms with Crippen LogP contribution in [-0.4, -0.2) is 14.1 Å². The maximum Gasteiger partial charge on any atom is 0.332 e. The van der Waals surface area contributed by atoms with Gasteiger partial charge in [-0.3, -0.25) is 5.01 Å². The minimum absolute atomic E-state index is 0.00779. The van der Waals surface area contributed by atoms with Crippen LogP contribution >= 0.6 is 0 Å². The van der Waals surface area contributed by atoms with Gasteiger partial charge in [0, 0.05) is 11.8 Å². The third-order valence-corrected chi connectivity index (χ3v) is 6.41. The molecule has 0 saturated heterocycles. The van der Waals surface area contributed by atoms with Gasteiger partial charge in [-0.1, -0.05) is 78.9 Å². The van der Waals surface area contributed by atoms with E-state index in [0.717, 1.165) is 33.3 Å². The van der Waals surface area contributed by atoms with Crippen molar-refractivity contribution in [3.05, 3.63) is 108 Å². The zero-order chi connectivity index (χ0) is 21.4. The molecule has 1 aliphatic rings. The fourth-order valence-electron chi connectivity index (χ4n) is 4.06. The first-order chi connectivity index (χ1) is 15.0. The van der Waals surface area contributed by atoms with Gasteiger partial charge in [0.05, 0.1) is 22.3 Å². The fraction of sp³-hybridized carbons (Fsp3) is 0.0800. The number of hydrogen-bond donors (Lipinski definition) is 0. The number of nitrogens with zero attached hydrogens (tertiary/aromatic N) is 2. The zero-order valence-corrected chi connectivity index (χ0v) is 17.3. The molecule has 0 spiro atoms. The van der Waals surface area contributed by atoms with Crippen molar-refractivity contribution in [2.45, 2.75) is 17.4 Å². The topological polar surface area (TPSA) is 49.7 Å². The number of hydrogen-bond acceptors (Lipinski definition) is 4. The molecule has 4 nitrogen and oxygen atoms in total. The Bertz CT molecular complexity index is 1380. The summed E-state index contributed by atoms with van der Waals surface area (Å²) < 4.78 is 35.6. The van der Waals surface area contributed by atoms with Crippen LogP contribution in [0.25, 0.3) is 10.8 Å². The first-order valence-corrected chi connectivity index (χ1v) is 11.3. The summed E-state index contributed by atoms with van der Waals surface area (Å²) >= 11 is 0. The highest BCUT2D eigenvalue weighted by atomic mass is 32.3. The molecule has 0 amide bonds. The molecule has 4 aromatic carbocycles. The smallest absolute Gasteiger partial charge is 0.257 e. The van der Waals surface area contributed by atoms with E-state index in [4.69, 9.17) is 5.10 Å². The summed E-state index contributed by atoms with van der Waals surface area (Å²) in [5, 5.41) is 9.21. The van der Waals surface area contributed by atoms with Crippen LogP contribution in [0.3, 0.4) is 0 Å². The molecule has 6 heteroatoms. The predicted octanol–water partition coefficient (Wildman–Crippen LogP) is 5.85. The largest absolute Gasteiger partial charge is 0.332 e. The van der Waals surface area contributed by atoms with Crippen LogP contribution in [0.4, 0.5) is 9.57 Å². The Morgan fingerprint density at radius 2 is 1.48 bits per heavy atom. The molecule has 0 aromatic heterocycles. The van der Waals surface area contributed by atoms with E-state index in [1.807, 2.05) is 41.4 Å². The average Bonchev–Trinajstić information content (AvgIpc) is 3.24.